The molecule has 0 saturated heterocycles. The maximum Gasteiger partial charge on any atom is 0.362 e. The van der Waals surface area contributed by atoms with Gasteiger partial charge in [0, 0.05) is 21.5 Å². The summed E-state index contributed by atoms with van der Waals surface area (Å²) in [6.07, 6.45) is 5.17. The normalized spacial score (nSPS) is 17.8. The predicted octanol–water partition coefficient (Wildman–Crippen LogP) is 4.65. The van der Waals surface area contributed by atoms with Crippen molar-refractivity contribution in [1.29, 1.82) is 0 Å². The molecule has 1 aromatic heterocycles. The molecule has 1 aliphatic heterocycles. The Morgan fingerprint density at radius 3 is 2.65 bits per heavy atom. The molecule has 7 heteroatoms. The molecule has 1 aliphatic carbocycles. The van der Waals surface area contributed by atoms with Gasteiger partial charge in [-0.2, -0.15) is 0 Å². The molecule has 132 valence electrons. The minimum Gasteiger partial charge on any atom is -0.478 e. The second-order valence-electron chi connectivity index (χ2n) is 6.10. The van der Waals surface area contributed by atoms with Crippen LogP contribution in [0.1, 0.15) is 39.2 Å². The number of aryl methyl sites for hydroxylation is 1. The fourth-order valence-corrected chi connectivity index (χ4v) is 4.55. The summed E-state index contributed by atoms with van der Waals surface area (Å²) in [6, 6.07) is 6.90. The molecular weight excluding hydrogens is 374 g/mol. The van der Waals surface area contributed by atoms with E-state index in [9.17, 15) is 14.7 Å². The number of carboxylic acid groups (broad SMARTS) is 1. The van der Waals surface area contributed by atoms with E-state index in [-0.39, 0.29) is 11.3 Å². The van der Waals surface area contributed by atoms with E-state index >= 15 is 0 Å². The van der Waals surface area contributed by atoms with Gasteiger partial charge in [0.25, 0.3) is 0 Å². The highest BCUT2D eigenvalue weighted by atomic mass is 35.5. The molecule has 1 aromatic carbocycles. The van der Waals surface area contributed by atoms with Crippen LogP contribution in [-0.2, 0) is 22.4 Å². The van der Waals surface area contributed by atoms with Gasteiger partial charge in [-0.1, -0.05) is 11.6 Å². The number of rotatable bonds is 3. The molecule has 0 radical (unpaired) electrons. The largest absolute Gasteiger partial charge is 0.478 e. The number of cyclic esters (lactones) is 1. The highest BCUT2D eigenvalue weighted by Gasteiger charge is 2.28. The molecule has 2 heterocycles. The molecule has 1 N–H and O–H groups in total. The van der Waals surface area contributed by atoms with E-state index in [0.717, 1.165) is 36.1 Å². The monoisotopic (exact) mass is 387 g/mol. The van der Waals surface area contributed by atoms with Gasteiger partial charge in [-0.3, -0.25) is 0 Å². The number of fused-ring (bicyclic) bond motifs is 1. The molecule has 0 amide bonds. The molecule has 0 atom stereocenters. The summed E-state index contributed by atoms with van der Waals surface area (Å²) in [7, 11) is 0. The van der Waals surface area contributed by atoms with Gasteiger partial charge in [0.2, 0.25) is 0 Å². The van der Waals surface area contributed by atoms with Gasteiger partial charge in [-0.05, 0) is 55.5 Å². The number of aliphatic imine (C=N–C) groups is 1. The molecule has 0 fully saturated rings. The van der Waals surface area contributed by atoms with Crippen molar-refractivity contribution >= 4 is 51.3 Å². The standard InChI is InChI=1S/C19H14ClNO4S/c20-11-7-5-10(6-8-11)14-9-13(19(24)25-14)21-17-16(18(22)23)12-3-1-2-4-15(12)26-17/h5-9H,1-4H2,(H,22,23). The number of carbonyl (C=O) groups is 2. The summed E-state index contributed by atoms with van der Waals surface area (Å²) in [4.78, 5) is 29.3. The second-order valence-corrected chi connectivity index (χ2v) is 7.62. The number of hydrogen-bond acceptors (Lipinski definition) is 5. The number of ether oxygens (including phenoxy) is 1. The summed E-state index contributed by atoms with van der Waals surface area (Å²) in [5, 5.41) is 10.6. The quantitative estimate of drug-likeness (QED) is 0.778. The van der Waals surface area contributed by atoms with Crippen LogP contribution in [0.2, 0.25) is 5.02 Å². The van der Waals surface area contributed by atoms with Gasteiger partial charge in [-0.15, -0.1) is 11.3 Å². The third kappa shape index (κ3) is 3.06. The smallest absolute Gasteiger partial charge is 0.362 e. The van der Waals surface area contributed by atoms with Gasteiger partial charge < -0.3 is 9.84 Å². The van der Waals surface area contributed by atoms with Crippen LogP contribution in [0.4, 0.5) is 5.00 Å². The Balaban J connectivity index is 1.74. The topological polar surface area (TPSA) is 76.0 Å². The lowest BCUT2D eigenvalue weighted by Gasteiger charge is -2.10. The Labute approximate surface area is 158 Å². The van der Waals surface area contributed by atoms with Crippen LogP contribution in [0.5, 0.6) is 0 Å². The Morgan fingerprint density at radius 2 is 1.92 bits per heavy atom. The van der Waals surface area contributed by atoms with Crippen molar-refractivity contribution in [3.8, 4) is 0 Å². The van der Waals surface area contributed by atoms with E-state index in [0.29, 0.717) is 21.3 Å². The number of benzene rings is 1. The van der Waals surface area contributed by atoms with E-state index in [1.54, 1.807) is 24.3 Å². The first kappa shape index (κ1) is 17.0. The molecule has 2 aromatic rings. The Bertz CT molecular complexity index is 972. The van der Waals surface area contributed by atoms with Crippen molar-refractivity contribution in [2.24, 2.45) is 4.99 Å². The molecule has 0 saturated carbocycles. The fraction of sp³-hybridized carbons (Fsp3) is 0.211. The molecule has 0 spiro atoms. The van der Waals surface area contributed by atoms with E-state index in [2.05, 4.69) is 4.99 Å². The number of esters is 1. The van der Waals surface area contributed by atoms with Crippen molar-refractivity contribution in [2.75, 3.05) is 0 Å². The molecule has 2 aliphatic rings. The zero-order valence-corrected chi connectivity index (χ0v) is 15.2. The van der Waals surface area contributed by atoms with Gasteiger partial charge in [-0.25, -0.2) is 14.6 Å². The van der Waals surface area contributed by atoms with Crippen LogP contribution in [0.25, 0.3) is 5.76 Å². The van der Waals surface area contributed by atoms with Crippen LogP contribution in [0.15, 0.2) is 35.3 Å². The van der Waals surface area contributed by atoms with Gasteiger partial charge in [0.05, 0.1) is 5.56 Å². The molecule has 26 heavy (non-hydrogen) atoms. The molecule has 0 bridgehead atoms. The highest BCUT2D eigenvalue weighted by Crippen LogP contribution is 2.40. The number of carbonyl (C=O) groups excluding carboxylic acids is 1. The molecule has 0 unspecified atom stereocenters. The maximum atomic E-state index is 12.2. The van der Waals surface area contributed by atoms with Crippen molar-refractivity contribution in [3.63, 3.8) is 0 Å². The average Bonchev–Trinajstić information content (AvgIpc) is 3.16. The third-order valence-electron chi connectivity index (χ3n) is 4.40. The van der Waals surface area contributed by atoms with Crippen molar-refractivity contribution in [1.82, 2.24) is 0 Å². The second kappa shape index (κ2) is 6.70. The number of nitrogens with zero attached hydrogens (tertiary/aromatic N) is 1. The average molecular weight is 388 g/mol. The number of carboxylic acids is 1. The first-order chi connectivity index (χ1) is 12.5. The van der Waals surface area contributed by atoms with Crippen LogP contribution in [0, 0.1) is 0 Å². The van der Waals surface area contributed by atoms with E-state index in [1.807, 2.05) is 0 Å². The Morgan fingerprint density at radius 1 is 1.19 bits per heavy atom. The van der Waals surface area contributed by atoms with Crippen LogP contribution < -0.4 is 0 Å². The number of hydrogen-bond donors (Lipinski definition) is 1. The first-order valence-corrected chi connectivity index (χ1v) is 9.38. The van der Waals surface area contributed by atoms with Crippen LogP contribution >= 0.6 is 22.9 Å². The van der Waals surface area contributed by atoms with Crippen molar-refractivity contribution < 1.29 is 19.4 Å². The summed E-state index contributed by atoms with van der Waals surface area (Å²) in [5.41, 5.74) is 1.90. The van der Waals surface area contributed by atoms with Gasteiger partial charge in [0.15, 0.2) is 5.71 Å². The van der Waals surface area contributed by atoms with E-state index in [1.165, 1.54) is 17.4 Å². The van der Waals surface area contributed by atoms with Crippen molar-refractivity contribution in [2.45, 2.75) is 25.7 Å². The summed E-state index contributed by atoms with van der Waals surface area (Å²) in [5.74, 6) is -1.21. The lowest BCUT2D eigenvalue weighted by atomic mass is 9.95. The molecule has 4 rings (SSSR count). The molecular formula is C19H14ClNO4S. The summed E-state index contributed by atoms with van der Waals surface area (Å²) < 4.78 is 5.28. The Kier molecular flexibility index (Phi) is 4.38. The zero-order valence-electron chi connectivity index (χ0n) is 13.6. The number of halogens is 1. The maximum absolute atomic E-state index is 12.2. The van der Waals surface area contributed by atoms with Crippen molar-refractivity contribution in [3.05, 3.63) is 56.9 Å². The zero-order chi connectivity index (χ0) is 18.3. The van der Waals surface area contributed by atoms with E-state index in [4.69, 9.17) is 16.3 Å². The number of thiophene rings is 1. The van der Waals surface area contributed by atoms with E-state index < -0.39 is 11.9 Å². The minimum atomic E-state index is -1.00. The minimum absolute atomic E-state index is 0.107. The highest BCUT2D eigenvalue weighted by molar-refractivity contribution is 7.16. The number of aromatic carboxylic acids is 1. The summed E-state index contributed by atoms with van der Waals surface area (Å²) in [6.45, 7) is 0. The first-order valence-electron chi connectivity index (χ1n) is 8.19. The molecule has 5 nitrogen and oxygen atoms in total. The third-order valence-corrected chi connectivity index (χ3v) is 5.83. The lowest BCUT2D eigenvalue weighted by Crippen LogP contribution is -2.08. The fourth-order valence-electron chi connectivity index (χ4n) is 3.16. The van der Waals surface area contributed by atoms with Gasteiger partial charge in [0.1, 0.15) is 10.8 Å². The van der Waals surface area contributed by atoms with Gasteiger partial charge >= 0.3 is 11.9 Å². The lowest BCUT2D eigenvalue weighted by molar-refractivity contribution is -0.128. The Hall–Kier alpha value is -2.44. The van der Waals surface area contributed by atoms with Crippen LogP contribution in [0.3, 0.4) is 0 Å². The summed E-state index contributed by atoms with van der Waals surface area (Å²) >= 11 is 7.23. The SMILES string of the molecule is O=C1OC(c2ccc(Cl)cc2)=CC1=Nc1sc2c(c1C(=O)O)CCCC2. The predicted molar refractivity (Wildman–Crippen MR) is 101 cm³/mol. The van der Waals surface area contributed by atoms with Crippen LogP contribution in [-0.4, -0.2) is 22.8 Å².